The molecule has 0 aromatic rings. The highest BCUT2D eigenvalue weighted by Gasteiger charge is 2.41. The number of hydrogen-bond acceptors (Lipinski definition) is 4. The quantitative estimate of drug-likeness (QED) is 0.699. The maximum absolute atomic E-state index is 11.4. The summed E-state index contributed by atoms with van der Waals surface area (Å²) in [6.45, 7) is 5.96. The summed E-state index contributed by atoms with van der Waals surface area (Å²) in [4.78, 5) is 22.7. The number of carbonyl (C=O) groups is 2. The van der Waals surface area contributed by atoms with Gasteiger partial charge in [0.1, 0.15) is 0 Å². The molecule has 0 fully saturated rings. The van der Waals surface area contributed by atoms with E-state index in [9.17, 15) is 19.8 Å². The number of carboxylic acids is 2. The predicted octanol–water partition coefficient (Wildman–Crippen LogP) is 1.30. The minimum absolute atomic E-state index is 0.329. The fourth-order valence-corrected chi connectivity index (χ4v) is 1.54. The summed E-state index contributed by atoms with van der Waals surface area (Å²) >= 11 is 0. The molecule has 0 heterocycles. The third-order valence-electron chi connectivity index (χ3n) is 2.90. The third kappa shape index (κ3) is 3.30. The minimum Gasteiger partial charge on any atom is -0.478 e. The van der Waals surface area contributed by atoms with Crippen LogP contribution < -0.4 is 0 Å². The lowest BCUT2D eigenvalue weighted by Crippen LogP contribution is -2.40. The van der Waals surface area contributed by atoms with Crippen LogP contribution in [0.1, 0.15) is 27.7 Å². The first-order valence-electron chi connectivity index (χ1n) is 5.33. The average Bonchev–Trinajstić information content (AvgIpc) is 2.23. The molecule has 0 spiro atoms. The number of carboxylic acid groups (broad SMARTS) is 2. The summed E-state index contributed by atoms with van der Waals surface area (Å²) in [6.07, 6.45) is 0. The van der Waals surface area contributed by atoms with Gasteiger partial charge in [0.25, 0.3) is 0 Å². The largest absolute Gasteiger partial charge is 0.478 e. The van der Waals surface area contributed by atoms with Gasteiger partial charge in [-0.2, -0.15) is 0 Å². The number of aliphatic carboxylic acids is 2. The van der Waals surface area contributed by atoms with Gasteiger partial charge < -0.3 is 19.7 Å². The van der Waals surface area contributed by atoms with Crippen molar-refractivity contribution in [3.05, 3.63) is 11.1 Å². The van der Waals surface area contributed by atoms with Crippen LogP contribution >= 0.6 is 0 Å². The van der Waals surface area contributed by atoms with Gasteiger partial charge in [0.05, 0.1) is 22.3 Å². The normalized spacial score (nSPS) is 14.1. The Morgan fingerprint density at radius 2 is 1.00 bits per heavy atom. The molecule has 0 saturated carbocycles. The van der Waals surface area contributed by atoms with E-state index in [0.717, 1.165) is 0 Å². The van der Waals surface area contributed by atoms with Gasteiger partial charge in [-0.25, -0.2) is 9.59 Å². The molecule has 6 heteroatoms. The zero-order chi connectivity index (χ0) is 14.7. The van der Waals surface area contributed by atoms with Crippen molar-refractivity contribution in [1.29, 1.82) is 0 Å². The summed E-state index contributed by atoms with van der Waals surface area (Å²) in [5.41, 5.74) is -3.14. The number of methoxy groups -OCH3 is 2. The molecular weight excluding hydrogens is 240 g/mol. The molecule has 0 atom stereocenters. The molecule has 0 amide bonds. The number of ether oxygens (including phenoxy) is 2. The van der Waals surface area contributed by atoms with Gasteiger partial charge in [0.2, 0.25) is 0 Å². The molecule has 0 rings (SSSR count). The van der Waals surface area contributed by atoms with Crippen LogP contribution in [0.3, 0.4) is 0 Å². The lowest BCUT2D eigenvalue weighted by atomic mass is 9.85. The fourth-order valence-electron chi connectivity index (χ4n) is 1.54. The van der Waals surface area contributed by atoms with E-state index in [1.54, 1.807) is 0 Å². The van der Waals surface area contributed by atoms with Gasteiger partial charge in [-0.15, -0.1) is 0 Å². The monoisotopic (exact) mass is 260 g/mol. The molecule has 0 radical (unpaired) electrons. The highest BCUT2D eigenvalue weighted by atomic mass is 16.5. The molecular formula is C12H20O6. The van der Waals surface area contributed by atoms with E-state index < -0.39 is 23.1 Å². The maximum atomic E-state index is 11.4. The zero-order valence-electron chi connectivity index (χ0n) is 11.5. The van der Waals surface area contributed by atoms with Crippen LogP contribution in [0, 0.1) is 0 Å². The topological polar surface area (TPSA) is 93.1 Å². The molecule has 0 saturated heterocycles. The van der Waals surface area contributed by atoms with Gasteiger partial charge in [-0.1, -0.05) is 0 Å². The SMILES string of the molecule is COC(C)(C)/C(C(=O)O)=C(/C(=O)O)C(C)(C)OC. The van der Waals surface area contributed by atoms with Crippen LogP contribution in [-0.4, -0.2) is 47.6 Å². The van der Waals surface area contributed by atoms with E-state index in [1.807, 2.05) is 0 Å². The Bertz CT molecular complexity index is 342. The second-order valence-electron chi connectivity index (χ2n) is 4.79. The molecule has 0 aliphatic rings. The highest BCUT2D eigenvalue weighted by Crippen LogP contribution is 2.31. The van der Waals surface area contributed by atoms with E-state index in [4.69, 9.17) is 9.47 Å². The smallest absolute Gasteiger partial charge is 0.335 e. The summed E-state index contributed by atoms with van der Waals surface area (Å²) in [6, 6.07) is 0. The minimum atomic E-state index is -1.34. The van der Waals surface area contributed by atoms with Gasteiger partial charge >= 0.3 is 11.9 Å². The zero-order valence-corrected chi connectivity index (χ0v) is 11.5. The Morgan fingerprint density at radius 3 is 1.11 bits per heavy atom. The first-order valence-corrected chi connectivity index (χ1v) is 5.33. The van der Waals surface area contributed by atoms with Crippen LogP contribution in [0.5, 0.6) is 0 Å². The number of rotatable bonds is 6. The summed E-state index contributed by atoms with van der Waals surface area (Å²) in [5.74, 6) is -2.69. The Kier molecular flexibility index (Phi) is 5.07. The Hall–Kier alpha value is -1.40. The van der Waals surface area contributed by atoms with Gasteiger partial charge in [0.15, 0.2) is 0 Å². The molecule has 2 N–H and O–H groups in total. The van der Waals surface area contributed by atoms with Crippen LogP contribution in [0.25, 0.3) is 0 Å². The van der Waals surface area contributed by atoms with Gasteiger partial charge in [0, 0.05) is 14.2 Å². The van der Waals surface area contributed by atoms with E-state index in [1.165, 1.54) is 41.9 Å². The molecule has 104 valence electrons. The van der Waals surface area contributed by atoms with Crippen LogP contribution in [0.2, 0.25) is 0 Å². The summed E-state index contributed by atoms with van der Waals surface area (Å²) in [7, 11) is 2.64. The molecule has 0 aromatic heterocycles. The van der Waals surface area contributed by atoms with Crippen molar-refractivity contribution in [2.45, 2.75) is 38.9 Å². The average molecular weight is 260 g/mol. The predicted molar refractivity (Wildman–Crippen MR) is 64.5 cm³/mol. The van der Waals surface area contributed by atoms with Gasteiger partial charge in [-0.3, -0.25) is 0 Å². The molecule has 0 aromatic carbocycles. The third-order valence-corrected chi connectivity index (χ3v) is 2.90. The van der Waals surface area contributed by atoms with E-state index in [2.05, 4.69) is 0 Å². The van der Waals surface area contributed by atoms with Crippen molar-refractivity contribution in [1.82, 2.24) is 0 Å². The Morgan fingerprint density at radius 1 is 0.778 bits per heavy atom. The lowest BCUT2D eigenvalue weighted by molar-refractivity contribution is -0.140. The van der Waals surface area contributed by atoms with E-state index in [0.29, 0.717) is 0 Å². The first-order chi connectivity index (χ1) is 8.01. The van der Waals surface area contributed by atoms with Crippen molar-refractivity contribution in [2.24, 2.45) is 0 Å². The molecule has 0 aliphatic heterocycles. The second-order valence-corrected chi connectivity index (χ2v) is 4.79. The number of hydrogen-bond donors (Lipinski definition) is 2. The van der Waals surface area contributed by atoms with Crippen molar-refractivity contribution in [2.75, 3.05) is 14.2 Å². The van der Waals surface area contributed by atoms with Gasteiger partial charge in [-0.05, 0) is 27.7 Å². The fraction of sp³-hybridized carbons (Fsp3) is 0.667. The second kappa shape index (κ2) is 5.49. The Balaban J connectivity index is 6.26. The molecule has 0 unspecified atom stereocenters. The molecule has 6 nitrogen and oxygen atoms in total. The van der Waals surface area contributed by atoms with E-state index >= 15 is 0 Å². The summed E-state index contributed by atoms with van der Waals surface area (Å²) in [5, 5.41) is 18.5. The highest BCUT2D eigenvalue weighted by molar-refractivity contribution is 6.01. The van der Waals surface area contributed by atoms with Crippen molar-refractivity contribution >= 4 is 11.9 Å². The standard InChI is InChI=1S/C12H20O6/c1-11(2,17-5)7(9(13)14)8(10(15)16)12(3,4)18-6/h1-6H3,(H,13,14)(H,15,16)/b8-7-. The van der Waals surface area contributed by atoms with Crippen LogP contribution in [0.15, 0.2) is 11.1 Å². The van der Waals surface area contributed by atoms with E-state index in [-0.39, 0.29) is 11.1 Å². The van der Waals surface area contributed by atoms with Crippen molar-refractivity contribution in [3.8, 4) is 0 Å². The summed E-state index contributed by atoms with van der Waals surface area (Å²) < 4.78 is 10.1. The lowest BCUT2D eigenvalue weighted by Gasteiger charge is -2.31. The van der Waals surface area contributed by atoms with Crippen LogP contribution in [0.4, 0.5) is 0 Å². The first kappa shape index (κ1) is 16.6. The Labute approximate surface area is 106 Å². The molecule has 0 aliphatic carbocycles. The molecule has 0 bridgehead atoms. The van der Waals surface area contributed by atoms with Crippen molar-refractivity contribution < 1.29 is 29.3 Å². The van der Waals surface area contributed by atoms with Crippen molar-refractivity contribution in [3.63, 3.8) is 0 Å². The van der Waals surface area contributed by atoms with Crippen LogP contribution in [-0.2, 0) is 19.1 Å². The molecule has 18 heavy (non-hydrogen) atoms. The maximum Gasteiger partial charge on any atom is 0.335 e.